The lowest BCUT2D eigenvalue weighted by Gasteiger charge is -2.23. The Labute approximate surface area is 162 Å². The monoisotopic (exact) mass is 384 g/mol. The van der Waals surface area contributed by atoms with Gasteiger partial charge in [-0.05, 0) is 83.9 Å². The molecule has 1 aliphatic carbocycles. The highest BCUT2D eigenvalue weighted by atomic mass is 32.2. The summed E-state index contributed by atoms with van der Waals surface area (Å²) in [5.41, 5.74) is 10.2. The molecule has 0 fully saturated rings. The smallest absolute Gasteiger partial charge is 0.339 e. The number of fused-ring (bicyclic) bond motifs is 1. The van der Waals surface area contributed by atoms with Crippen LogP contribution >= 0.6 is 11.8 Å². The number of primary amides is 1. The van der Waals surface area contributed by atoms with Crippen LogP contribution in [0.2, 0.25) is 0 Å². The average molecular weight is 384 g/mol. The standard InChI is InChI=1S/C21H21FN2O2S/c1-12-18(10-14-4-7-16(27-3)8-5-14)17-9-6-15(22)11-19(17)20(12)13(2)24(26)21(23)25/h4-11,13,26H,1-3H3,(H2,23,25). The number of allylic oxidation sites excluding steroid dienone is 2. The van der Waals surface area contributed by atoms with Gasteiger partial charge < -0.3 is 5.73 Å². The Bertz CT molecular complexity index is 951. The third kappa shape index (κ3) is 3.63. The molecule has 2 amide bonds. The zero-order chi connectivity index (χ0) is 19.7. The van der Waals surface area contributed by atoms with Crippen LogP contribution in [0.5, 0.6) is 0 Å². The molecule has 0 saturated heterocycles. The third-order valence-corrected chi connectivity index (χ3v) is 5.55. The van der Waals surface area contributed by atoms with E-state index in [-0.39, 0.29) is 5.82 Å². The van der Waals surface area contributed by atoms with Crippen LogP contribution < -0.4 is 5.73 Å². The Hall–Kier alpha value is -2.57. The zero-order valence-corrected chi connectivity index (χ0v) is 16.2. The summed E-state index contributed by atoms with van der Waals surface area (Å²) in [7, 11) is 0. The maximum absolute atomic E-state index is 13.9. The van der Waals surface area contributed by atoms with Gasteiger partial charge in [0.2, 0.25) is 0 Å². The SMILES string of the molecule is CSc1ccc(C=C2C(C)=C(C(C)N(O)C(N)=O)c3cc(F)ccc32)cc1. The Kier molecular flexibility index (Phi) is 5.39. The molecule has 2 aromatic rings. The van der Waals surface area contributed by atoms with Crippen molar-refractivity contribution in [2.75, 3.05) is 6.26 Å². The largest absolute Gasteiger partial charge is 0.350 e. The van der Waals surface area contributed by atoms with Gasteiger partial charge in [0, 0.05) is 4.90 Å². The van der Waals surface area contributed by atoms with E-state index >= 15 is 0 Å². The maximum atomic E-state index is 13.9. The van der Waals surface area contributed by atoms with Crippen LogP contribution in [0.25, 0.3) is 17.2 Å². The van der Waals surface area contributed by atoms with Crippen molar-refractivity contribution in [2.45, 2.75) is 24.8 Å². The number of hydroxylamine groups is 2. The molecule has 6 heteroatoms. The summed E-state index contributed by atoms with van der Waals surface area (Å²) in [4.78, 5) is 12.6. The lowest BCUT2D eigenvalue weighted by molar-refractivity contribution is -0.0535. The van der Waals surface area contributed by atoms with Crippen LogP contribution in [-0.2, 0) is 0 Å². The predicted octanol–water partition coefficient (Wildman–Crippen LogP) is 5.03. The number of thioether (sulfide) groups is 1. The van der Waals surface area contributed by atoms with Crippen LogP contribution in [0.1, 0.15) is 30.5 Å². The second-order valence-corrected chi connectivity index (χ2v) is 7.30. The van der Waals surface area contributed by atoms with Crippen LogP contribution in [0.15, 0.2) is 52.9 Å². The second-order valence-electron chi connectivity index (χ2n) is 6.42. The summed E-state index contributed by atoms with van der Waals surface area (Å²) < 4.78 is 13.9. The number of rotatable bonds is 4. The van der Waals surface area contributed by atoms with Gasteiger partial charge in [-0.2, -0.15) is 5.06 Å². The number of nitrogens with zero attached hydrogens (tertiary/aromatic N) is 1. The van der Waals surface area contributed by atoms with Crippen molar-refractivity contribution >= 4 is 35.0 Å². The highest BCUT2D eigenvalue weighted by Gasteiger charge is 2.31. The van der Waals surface area contributed by atoms with E-state index in [2.05, 4.69) is 0 Å². The maximum Gasteiger partial charge on any atom is 0.339 e. The van der Waals surface area contributed by atoms with Crippen LogP contribution in [0.4, 0.5) is 9.18 Å². The van der Waals surface area contributed by atoms with Crippen LogP contribution in [0, 0.1) is 5.82 Å². The first-order valence-corrected chi connectivity index (χ1v) is 9.70. The summed E-state index contributed by atoms with van der Waals surface area (Å²) >= 11 is 1.67. The van der Waals surface area contributed by atoms with E-state index in [9.17, 15) is 14.4 Å². The summed E-state index contributed by atoms with van der Waals surface area (Å²) in [5.74, 6) is -0.375. The quantitative estimate of drug-likeness (QED) is 0.441. The second kappa shape index (κ2) is 7.58. The fourth-order valence-corrected chi connectivity index (χ4v) is 3.84. The van der Waals surface area contributed by atoms with Crippen molar-refractivity contribution in [3.8, 4) is 0 Å². The number of benzene rings is 2. The fourth-order valence-electron chi connectivity index (χ4n) is 3.43. The topological polar surface area (TPSA) is 66.6 Å². The summed E-state index contributed by atoms with van der Waals surface area (Å²) in [6.07, 6.45) is 4.05. The number of hydrogen-bond acceptors (Lipinski definition) is 3. The number of amides is 2. The molecule has 140 valence electrons. The minimum atomic E-state index is -0.953. The van der Waals surface area contributed by atoms with Crippen molar-refractivity contribution in [1.82, 2.24) is 5.06 Å². The molecule has 0 aromatic heterocycles. The molecule has 4 nitrogen and oxygen atoms in total. The van der Waals surface area contributed by atoms with E-state index in [1.54, 1.807) is 24.8 Å². The number of hydrogen-bond donors (Lipinski definition) is 2. The van der Waals surface area contributed by atoms with E-state index in [4.69, 9.17) is 5.73 Å². The van der Waals surface area contributed by atoms with Gasteiger partial charge >= 0.3 is 6.03 Å². The number of carbonyl (C=O) groups is 1. The summed E-state index contributed by atoms with van der Waals surface area (Å²) in [5, 5.41) is 10.5. The fraction of sp³-hybridized carbons (Fsp3) is 0.190. The Balaban J connectivity index is 2.14. The minimum absolute atomic E-state index is 0.375. The summed E-state index contributed by atoms with van der Waals surface area (Å²) in [6, 6.07) is 11.1. The Morgan fingerprint density at radius 1 is 1.22 bits per heavy atom. The molecule has 1 atom stereocenters. The summed E-state index contributed by atoms with van der Waals surface area (Å²) in [6.45, 7) is 3.56. The van der Waals surface area contributed by atoms with E-state index in [1.807, 2.05) is 43.5 Å². The van der Waals surface area contributed by atoms with Crippen LogP contribution in [0.3, 0.4) is 0 Å². The first-order valence-electron chi connectivity index (χ1n) is 8.48. The molecule has 3 N–H and O–H groups in total. The average Bonchev–Trinajstić information content (AvgIpc) is 2.92. The van der Waals surface area contributed by atoms with E-state index in [0.717, 1.165) is 22.3 Å². The van der Waals surface area contributed by atoms with E-state index in [1.165, 1.54) is 17.0 Å². The predicted molar refractivity (Wildman–Crippen MR) is 108 cm³/mol. The molecule has 0 bridgehead atoms. The molecular formula is C21H21FN2O2S. The van der Waals surface area contributed by atoms with Crippen molar-refractivity contribution in [3.63, 3.8) is 0 Å². The number of nitrogens with two attached hydrogens (primary N) is 1. The number of urea groups is 1. The lowest BCUT2D eigenvalue weighted by atomic mass is 9.99. The van der Waals surface area contributed by atoms with Crippen molar-refractivity contribution in [3.05, 3.63) is 70.5 Å². The molecular weight excluding hydrogens is 363 g/mol. The minimum Gasteiger partial charge on any atom is -0.350 e. The van der Waals surface area contributed by atoms with Gasteiger partial charge in [-0.15, -0.1) is 11.8 Å². The highest BCUT2D eigenvalue weighted by molar-refractivity contribution is 7.98. The molecule has 0 saturated carbocycles. The van der Waals surface area contributed by atoms with Gasteiger partial charge in [-0.1, -0.05) is 18.2 Å². The van der Waals surface area contributed by atoms with Gasteiger partial charge in [0.05, 0.1) is 6.04 Å². The molecule has 3 rings (SSSR count). The first-order chi connectivity index (χ1) is 12.8. The van der Waals surface area contributed by atoms with Crippen molar-refractivity contribution in [1.29, 1.82) is 0 Å². The first kappa shape index (κ1) is 19.2. The highest BCUT2D eigenvalue weighted by Crippen LogP contribution is 2.44. The normalized spacial score (nSPS) is 15.8. The number of carbonyl (C=O) groups excluding carboxylic acids is 1. The van der Waals surface area contributed by atoms with E-state index in [0.29, 0.717) is 16.2 Å². The van der Waals surface area contributed by atoms with Gasteiger partial charge in [-0.3, -0.25) is 5.21 Å². The molecule has 1 aliphatic rings. The van der Waals surface area contributed by atoms with Crippen molar-refractivity contribution < 1.29 is 14.4 Å². The molecule has 0 spiro atoms. The Morgan fingerprint density at radius 2 is 1.89 bits per heavy atom. The Morgan fingerprint density at radius 3 is 2.48 bits per heavy atom. The van der Waals surface area contributed by atoms with Gasteiger partial charge in [0.25, 0.3) is 0 Å². The molecule has 0 radical (unpaired) electrons. The third-order valence-electron chi connectivity index (χ3n) is 4.81. The molecule has 27 heavy (non-hydrogen) atoms. The lowest BCUT2D eigenvalue weighted by Crippen LogP contribution is -2.40. The molecule has 0 aliphatic heterocycles. The van der Waals surface area contributed by atoms with E-state index < -0.39 is 12.1 Å². The zero-order valence-electron chi connectivity index (χ0n) is 15.4. The van der Waals surface area contributed by atoms with Gasteiger partial charge in [0.1, 0.15) is 5.82 Å². The molecule has 1 unspecified atom stereocenters. The van der Waals surface area contributed by atoms with Crippen LogP contribution in [-0.4, -0.2) is 28.6 Å². The van der Waals surface area contributed by atoms with Gasteiger partial charge in [-0.25, -0.2) is 9.18 Å². The molecule has 0 heterocycles. The molecule has 2 aromatic carbocycles. The van der Waals surface area contributed by atoms with Crippen molar-refractivity contribution in [2.24, 2.45) is 5.73 Å². The number of halogens is 1. The van der Waals surface area contributed by atoms with Gasteiger partial charge in [0.15, 0.2) is 0 Å².